The van der Waals surface area contributed by atoms with E-state index in [9.17, 15) is 19.7 Å². The molecule has 148 valence electrons. The quantitative estimate of drug-likeness (QED) is 0.521. The number of hydrogen-bond acceptors (Lipinski definition) is 4. The molecule has 29 heavy (non-hydrogen) atoms. The molecule has 0 fully saturated rings. The second-order valence-corrected chi connectivity index (χ2v) is 7.81. The molecule has 1 heterocycles. The summed E-state index contributed by atoms with van der Waals surface area (Å²) in [5.74, 6) is -0.570. The zero-order valence-corrected chi connectivity index (χ0v) is 16.6. The fourth-order valence-corrected chi connectivity index (χ4v) is 4.51. The SMILES string of the molecule is Cc1ccccc1C1CC(=O)N(c2ccc(Cl)cc2[N+](=O)[O-])C2=C1C(=O)CCC2. The van der Waals surface area contributed by atoms with Crippen molar-refractivity contribution in [3.05, 3.63) is 80.0 Å². The zero-order valence-electron chi connectivity index (χ0n) is 15.9. The molecule has 1 unspecified atom stereocenters. The van der Waals surface area contributed by atoms with Crippen LogP contribution in [0.15, 0.2) is 53.7 Å². The maximum Gasteiger partial charge on any atom is 0.294 e. The molecule has 2 aromatic rings. The normalized spacial score (nSPS) is 19.4. The fourth-order valence-electron chi connectivity index (χ4n) is 4.35. The van der Waals surface area contributed by atoms with Crippen LogP contribution in [-0.2, 0) is 9.59 Å². The first-order valence-corrected chi connectivity index (χ1v) is 9.85. The van der Waals surface area contributed by atoms with Crippen LogP contribution in [-0.4, -0.2) is 16.6 Å². The Kier molecular flexibility index (Phi) is 4.96. The van der Waals surface area contributed by atoms with Crippen molar-refractivity contribution in [2.75, 3.05) is 4.90 Å². The van der Waals surface area contributed by atoms with Gasteiger partial charge in [-0.25, -0.2) is 0 Å². The number of halogens is 1. The fraction of sp³-hybridized carbons (Fsp3) is 0.273. The van der Waals surface area contributed by atoms with E-state index in [0.29, 0.717) is 30.5 Å². The number of aryl methyl sites for hydroxylation is 1. The summed E-state index contributed by atoms with van der Waals surface area (Å²) in [6.45, 7) is 1.96. The van der Waals surface area contributed by atoms with Crippen molar-refractivity contribution in [2.24, 2.45) is 0 Å². The van der Waals surface area contributed by atoms with Gasteiger partial charge in [-0.15, -0.1) is 0 Å². The summed E-state index contributed by atoms with van der Waals surface area (Å²) in [7, 11) is 0. The topological polar surface area (TPSA) is 80.5 Å². The van der Waals surface area contributed by atoms with Gasteiger partial charge in [0.05, 0.1) is 4.92 Å². The number of rotatable bonds is 3. The van der Waals surface area contributed by atoms with Crippen molar-refractivity contribution in [1.29, 1.82) is 0 Å². The Balaban J connectivity index is 1.93. The number of carbonyl (C=O) groups excluding carboxylic acids is 2. The molecule has 0 saturated carbocycles. The van der Waals surface area contributed by atoms with Crippen LogP contribution in [0.5, 0.6) is 0 Å². The predicted octanol–water partition coefficient (Wildman–Crippen LogP) is 5.08. The molecule has 2 aliphatic rings. The molecule has 0 aromatic heterocycles. The van der Waals surface area contributed by atoms with Crippen molar-refractivity contribution >= 4 is 34.7 Å². The monoisotopic (exact) mass is 410 g/mol. The smallest absolute Gasteiger partial charge is 0.294 e. The highest BCUT2D eigenvalue weighted by molar-refractivity contribution is 6.31. The summed E-state index contributed by atoms with van der Waals surface area (Å²) < 4.78 is 0. The Morgan fingerprint density at radius 3 is 2.62 bits per heavy atom. The summed E-state index contributed by atoms with van der Waals surface area (Å²) in [5.41, 5.74) is 3.07. The lowest BCUT2D eigenvalue weighted by atomic mass is 9.76. The van der Waals surface area contributed by atoms with Gasteiger partial charge >= 0.3 is 0 Å². The van der Waals surface area contributed by atoms with E-state index in [1.165, 1.54) is 23.1 Å². The van der Waals surface area contributed by atoms with Gasteiger partial charge < -0.3 is 0 Å². The average Bonchev–Trinajstić information content (AvgIpc) is 2.68. The van der Waals surface area contributed by atoms with Gasteiger partial charge in [0.2, 0.25) is 5.91 Å². The first kappa shape index (κ1) is 19.3. The van der Waals surface area contributed by atoms with Gasteiger partial charge in [-0.05, 0) is 43.0 Å². The summed E-state index contributed by atoms with van der Waals surface area (Å²) in [6, 6.07) is 12.0. The highest BCUT2D eigenvalue weighted by atomic mass is 35.5. The van der Waals surface area contributed by atoms with Crippen LogP contribution in [0.25, 0.3) is 0 Å². The van der Waals surface area contributed by atoms with Gasteiger partial charge in [-0.2, -0.15) is 0 Å². The molecule has 0 saturated heterocycles. The summed E-state index contributed by atoms with van der Waals surface area (Å²) in [6.07, 6.45) is 1.65. The molecule has 0 radical (unpaired) electrons. The first-order valence-electron chi connectivity index (χ1n) is 9.47. The molecule has 1 aliphatic heterocycles. The minimum absolute atomic E-state index is 0.00798. The molecule has 4 rings (SSSR count). The van der Waals surface area contributed by atoms with E-state index < -0.39 is 4.92 Å². The molecular formula is C22H19ClN2O4. The van der Waals surface area contributed by atoms with Crippen molar-refractivity contribution in [3.63, 3.8) is 0 Å². The second kappa shape index (κ2) is 7.44. The predicted molar refractivity (Wildman–Crippen MR) is 110 cm³/mol. The van der Waals surface area contributed by atoms with Crippen LogP contribution >= 0.6 is 11.6 Å². The Labute approximate surface area is 172 Å². The van der Waals surface area contributed by atoms with Crippen LogP contribution in [0.3, 0.4) is 0 Å². The molecule has 1 aliphatic carbocycles. The third kappa shape index (κ3) is 3.34. The number of Topliss-reactive ketones (excluding diaryl/α,β-unsaturated/α-hetero) is 1. The zero-order chi connectivity index (χ0) is 20.7. The van der Waals surface area contributed by atoms with Gasteiger partial charge in [0, 0.05) is 41.1 Å². The average molecular weight is 411 g/mol. The lowest BCUT2D eigenvalue weighted by Gasteiger charge is -2.38. The van der Waals surface area contributed by atoms with E-state index in [-0.39, 0.29) is 40.4 Å². The third-order valence-corrected chi connectivity index (χ3v) is 5.85. The van der Waals surface area contributed by atoms with Gasteiger partial charge in [-0.1, -0.05) is 35.9 Å². The summed E-state index contributed by atoms with van der Waals surface area (Å²) in [4.78, 5) is 38.6. The lowest BCUT2D eigenvalue weighted by Crippen LogP contribution is -2.41. The molecule has 1 atom stereocenters. The van der Waals surface area contributed by atoms with Gasteiger partial charge in [0.15, 0.2) is 5.78 Å². The summed E-state index contributed by atoms with van der Waals surface area (Å²) in [5, 5.41) is 11.8. The molecular weight excluding hydrogens is 392 g/mol. The maximum absolute atomic E-state index is 13.2. The highest BCUT2D eigenvalue weighted by Gasteiger charge is 2.41. The number of hydrogen-bond donors (Lipinski definition) is 0. The van der Waals surface area contributed by atoms with Crippen LogP contribution < -0.4 is 4.90 Å². The van der Waals surface area contributed by atoms with Gasteiger partial charge in [0.1, 0.15) is 5.69 Å². The molecule has 0 spiro atoms. The van der Waals surface area contributed by atoms with E-state index in [0.717, 1.165) is 11.1 Å². The van der Waals surface area contributed by atoms with Crippen molar-refractivity contribution in [2.45, 2.75) is 38.5 Å². The van der Waals surface area contributed by atoms with Crippen LogP contribution in [0.4, 0.5) is 11.4 Å². The number of allylic oxidation sites excluding steroid dienone is 2. The molecule has 1 amide bonds. The number of amides is 1. The first-order chi connectivity index (χ1) is 13.9. The van der Waals surface area contributed by atoms with Crippen molar-refractivity contribution < 1.29 is 14.5 Å². The standard InChI is InChI=1S/C22H19ClN2O4/c1-13-5-2-3-6-15(13)16-12-21(27)24(18-7-4-8-20(26)22(16)18)17-10-9-14(23)11-19(17)25(28)29/h2-3,5-6,9-11,16H,4,7-8,12H2,1H3. The number of carbonyl (C=O) groups is 2. The lowest BCUT2D eigenvalue weighted by molar-refractivity contribution is -0.384. The second-order valence-electron chi connectivity index (χ2n) is 7.37. The number of nitro groups is 1. The van der Waals surface area contributed by atoms with E-state index in [2.05, 4.69) is 0 Å². The number of benzene rings is 2. The van der Waals surface area contributed by atoms with E-state index in [1.54, 1.807) is 0 Å². The van der Waals surface area contributed by atoms with Crippen molar-refractivity contribution in [1.82, 2.24) is 0 Å². The number of nitro benzene ring substituents is 1. The van der Waals surface area contributed by atoms with Gasteiger partial charge in [-0.3, -0.25) is 24.6 Å². The number of anilines is 1. The van der Waals surface area contributed by atoms with Crippen LogP contribution in [0.2, 0.25) is 5.02 Å². The number of ketones is 1. The largest absolute Gasteiger partial charge is 0.294 e. The highest BCUT2D eigenvalue weighted by Crippen LogP contribution is 2.46. The molecule has 6 nitrogen and oxygen atoms in total. The Hall–Kier alpha value is -2.99. The van der Waals surface area contributed by atoms with Crippen LogP contribution in [0.1, 0.15) is 42.7 Å². The maximum atomic E-state index is 13.2. The third-order valence-electron chi connectivity index (χ3n) is 5.61. The molecule has 0 N–H and O–H groups in total. The molecule has 7 heteroatoms. The Bertz CT molecular complexity index is 1080. The van der Waals surface area contributed by atoms with Gasteiger partial charge in [0.25, 0.3) is 5.69 Å². The van der Waals surface area contributed by atoms with E-state index in [4.69, 9.17) is 11.6 Å². The van der Waals surface area contributed by atoms with Crippen LogP contribution in [0, 0.1) is 17.0 Å². The number of nitrogens with zero attached hydrogens (tertiary/aromatic N) is 2. The van der Waals surface area contributed by atoms with E-state index in [1.807, 2.05) is 31.2 Å². The minimum atomic E-state index is -0.549. The van der Waals surface area contributed by atoms with E-state index >= 15 is 0 Å². The minimum Gasteiger partial charge on any atom is -0.294 e. The molecule has 0 bridgehead atoms. The Morgan fingerprint density at radius 2 is 1.90 bits per heavy atom. The molecule has 2 aromatic carbocycles. The van der Waals surface area contributed by atoms with Crippen molar-refractivity contribution in [3.8, 4) is 0 Å². The summed E-state index contributed by atoms with van der Waals surface area (Å²) >= 11 is 5.94. The Morgan fingerprint density at radius 1 is 1.14 bits per heavy atom.